The van der Waals surface area contributed by atoms with Gasteiger partial charge in [-0.1, -0.05) is 60.5 Å². The number of phenolic OH excluding ortho intramolecular Hbond substituents is 1. The molecule has 0 aliphatic rings. The van der Waals surface area contributed by atoms with E-state index in [9.17, 15) is 22.9 Å². The zero-order valence-electron chi connectivity index (χ0n) is 20.1. The summed E-state index contributed by atoms with van der Waals surface area (Å²) < 4.78 is 38.7. The number of anilines is 1. The van der Waals surface area contributed by atoms with Crippen molar-refractivity contribution in [1.82, 2.24) is 0 Å². The molecule has 0 bridgehead atoms. The van der Waals surface area contributed by atoms with E-state index in [4.69, 9.17) is 27.9 Å². The van der Waals surface area contributed by atoms with Crippen LogP contribution in [0.1, 0.15) is 22.8 Å². The van der Waals surface area contributed by atoms with Gasteiger partial charge in [0.15, 0.2) is 5.75 Å². The molecule has 0 heterocycles. The smallest absolute Gasteiger partial charge is 0.296 e. The number of rotatable bonds is 7. The predicted octanol–water partition coefficient (Wildman–Crippen LogP) is 7.34. The van der Waals surface area contributed by atoms with Gasteiger partial charge in [-0.3, -0.25) is 9.35 Å². The number of methoxy groups -OCH3 is 1. The number of hydrogen-bond donors (Lipinski definition) is 3. The van der Waals surface area contributed by atoms with Gasteiger partial charge in [0.25, 0.3) is 16.0 Å². The number of carbonyl (C=O) groups excluding carboxylic acids is 1. The molecule has 196 valence electrons. The molecule has 0 fully saturated rings. The SMILES string of the molecule is CCc1ccc(N=Nc2c(O)c(C(=O)Nc3cc(Cl)cc(OC)c3)cc3ccccc23)c(Cl)c1S(=O)(=O)O. The van der Waals surface area contributed by atoms with Crippen molar-refractivity contribution in [2.75, 3.05) is 12.4 Å². The third-order valence-electron chi connectivity index (χ3n) is 5.66. The number of nitrogens with one attached hydrogen (secondary N) is 1. The maximum Gasteiger partial charge on any atom is 0.296 e. The first-order valence-corrected chi connectivity index (χ1v) is 13.3. The monoisotopic (exact) mass is 573 g/mol. The minimum atomic E-state index is -4.63. The van der Waals surface area contributed by atoms with Crippen LogP contribution in [0.3, 0.4) is 0 Å². The number of aromatic hydroxyl groups is 1. The lowest BCUT2D eigenvalue weighted by Gasteiger charge is -2.12. The predicted molar refractivity (Wildman–Crippen MR) is 146 cm³/mol. The van der Waals surface area contributed by atoms with Gasteiger partial charge in [-0.25, -0.2) is 0 Å². The Bertz CT molecular complexity index is 1710. The van der Waals surface area contributed by atoms with E-state index < -0.39 is 26.7 Å². The van der Waals surface area contributed by atoms with Crippen molar-refractivity contribution >= 4 is 67.1 Å². The Balaban J connectivity index is 1.81. The molecule has 38 heavy (non-hydrogen) atoms. The van der Waals surface area contributed by atoms with Gasteiger partial charge in [0.05, 0.1) is 17.7 Å². The summed E-state index contributed by atoms with van der Waals surface area (Å²) >= 11 is 12.4. The van der Waals surface area contributed by atoms with Crippen LogP contribution in [-0.2, 0) is 16.5 Å². The second-order valence-electron chi connectivity index (χ2n) is 8.09. The first-order chi connectivity index (χ1) is 18.0. The van der Waals surface area contributed by atoms with Crippen LogP contribution in [0, 0.1) is 0 Å². The molecule has 0 saturated heterocycles. The molecule has 0 spiro atoms. The van der Waals surface area contributed by atoms with Crippen LogP contribution in [0.2, 0.25) is 10.0 Å². The number of amides is 1. The van der Waals surface area contributed by atoms with Crippen molar-refractivity contribution in [3.63, 3.8) is 0 Å². The molecule has 0 saturated carbocycles. The van der Waals surface area contributed by atoms with Crippen LogP contribution in [-0.4, -0.2) is 31.1 Å². The zero-order chi connectivity index (χ0) is 27.6. The molecule has 9 nitrogen and oxygen atoms in total. The molecule has 1 amide bonds. The van der Waals surface area contributed by atoms with Gasteiger partial charge < -0.3 is 15.2 Å². The third kappa shape index (κ3) is 5.58. The van der Waals surface area contributed by atoms with E-state index in [1.807, 2.05) is 0 Å². The number of fused-ring (bicyclic) bond motifs is 1. The number of ether oxygens (including phenoxy) is 1. The Hall–Kier alpha value is -3.70. The van der Waals surface area contributed by atoms with E-state index in [2.05, 4.69) is 15.5 Å². The van der Waals surface area contributed by atoms with Crippen molar-refractivity contribution in [1.29, 1.82) is 0 Å². The molecule has 0 radical (unpaired) electrons. The van der Waals surface area contributed by atoms with Gasteiger partial charge >= 0.3 is 0 Å². The van der Waals surface area contributed by atoms with E-state index in [0.717, 1.165) is 0 Å². The maximum absolute atomic E-state index is 13.2. The molecule has 0 aliphatic heterocycles. The van der Waals surface area contributed by atoms with Crippen molar-refractivity contribution in [2.45, 2.75) is 18.2 Å². The molecule has 4 aromatic rings. The number of benzene rings is 4. The topological polar surface area (TPSA) is 138 Å². The molecule has 4 rings (SSSR count). The van der Waals surface area contributed by atoms with Gasteiger partial charge in [-0.05, 0) is 41.6 Å². The minimum absolute atomic E-state index is 0.0408. The molecule has 3 N–H and O–H groups in total. The number of phenols is 1. The summed E-state index contributed by atoms with van der Waals surface area (Å²) in [6.45, 7) is 1.71. The summed E-state index contributed by atoms with van der Waals surface area (Å²) in [5, 5.41) is 23.0. The molecular weight excluding hydrogens is 553 g/mol. The van der Waals surface area contributed by atoms with Crippen LogP contribution in [0.5, 0.6) is 11.5 Å². The van der Waals surface area contributed by atoms with E-state index in [1.165, 1.54) is 31.4 Å². The molecule has 12 heteroatoms. The van der Waals surface area contributed by atoms with Crippen molar-refractivity contribution in [3.8, 4) is 11.5 Å². The summed E-state index contributed by atoms with van der Waals surface area (Å²) in [5.74, 6) is -0.677. The summed E-state index contributed by atoms with van der Waals surface area (Å²) in [4.78, 5) is 12.7. The summed E-state index contributed by atoms with van der Waals surface area (Å²) in [7, 11) is -3.17. The summed E-state index contributed by atoms with van der Waals surface area (Å²) in [5.41, 5.74) is 0.459. The van der Waals surface area contributed by atoms with E-state index in [0.29, 0.717) is 39.2 Å². The lowest BCUT2D eigenvalue weighted by molar-refractivity contribution is 0.102. The van der Waals surface area contributed by atoms with Gasteiger partial charge in [-0.2, -0.15) is 8.42 Å². The second kappa shape index (κ2) is 11.0. The quantitative estimate of drug-likeness (QED) is 0.156. The number of hydrogen-bond acceptors (Lipinski definition) is 7. The Kier molecular flexibility index (Phi) is 7.89. The normalized spacial score (nSPS) is 11.7. The Morgan fingerprint density at radius 3 is 2.47 bits per heavy atom. The standard InChI is InChI=1S/C26H21Cl2N3O6S/c1-3-14-8-9-21(22(28)25(14)38(34,35)36)30-31-23-19-7-5-4-6-15(19)10-20(24(23)32)26(33)29-17-11-16(27)12-18(13-17)37-2/h4-13,32H,3H2,1-2H3,(H,29,33)(H,34,35,36). The highest BCUT2D eigenvalue weighted by Crippen LogP contribution is 2.41. The van der Waals surface area contributed by atoms with E-state index in [1.54, 1.807) is 43.3 Å². The number of carbonyl (C=O) groups is 1. The first-order valence-electron chi connectivity index (χ1n) is 11.1. The Morgan fingerprint density at radius 1 is 1.05 bits per heavy atom. The van der Waals surface area contributed by atoms with Gasteiger partial charge in [0, 0.05) is 22.2 Å². The molecular formula is C26H21Cl2N3O6S. The average Bonchev–Trinajstić information content (AvgIpc) is 2.87. The fourth-order valence-corrected chi connectivity index (χ4v) is 5.48. The van der Waals surface area contributed by atoms with Crippen molar-refractivity contribution < 1.29 is 27.6 Å². The molecule has 0 aromatic heterocycles. The number of nitrogens with zero attached hydrogens (tertiary/aromatic N) is 2. The lowest BCUT2D eigenvalue weighted by Crippen LogP contribution is -2.12. The lowest BCUT2D eigenvalue weighted by atomic mass is 10.0. The highest BCUT2D eigenvalue weighted by atomic mass is 35.5. The maximum atomic E-state index is 13.2. The Morgan fingerprint density at radius 2 is 1.79 bits per heavy atom. The zero-order valence-corrected chi connectivity index (χ0v) is 22.4. The van der Waals surface area contributed by atoms with Crippen LogP contribution in [0.15, 0.2) is 75.8 Å². The van der Waals surface area contributed by atoms with Crippen LogP contribution in [0.4, 0.5) is 17.1 Å². The van der Waals surface area contributed by atoms with Crippen molar-refractivity contribution in [3.05, 3.63) is 81.8 Å². The fourth-order valence-electron chi connectivity index (χ4n) is 3.87. The number of halogens is 2. The second-order valence-corrected chi connectivity index (χ2v) is 10.3. The summed E-state index contributed by atoms with van der Waals surface area (Å²) in [6, 6.07) is 16.0. The van der Waals surface area contributed by atoms with Crippen molar-refractivity contribution in [2.24, 2.45) is 10.2 Å². The van der Waals surface area contributed by atoms with Gasteiger partial charge in [-0.15, -0.1) is 10.2 Å². The minimum Gasteiger partial charge on any atom is -0.505 e. The molecule has 0 aliphatic carbocycles. The van der Waals surface area contributed by atoms with E-state index >= 15 is 0 Å². The van der Waals surface area contributed by atoms with Gasteiger partial charge in [0.1, 0.15) is 22.0 Å². The van der Waals surface area contributed by atoms with Crippen LogP contribution in [0.25, 0.3) is 10.8 Å². The number of aryl methyl sites for hydroxylation is 1. The number of azo groups is 1. The molecule has 4 aromatic carbocycles. The fraction of sp³-hybridized carbons (Fsp3) is 0.115. The largest absolute Gasteiger partial charge is 0.505 e. The van der Waals surface area contributed by atoms with E-state index in [-0.39, 0.29) is 22.0 Å². The highest BCUT2D eigenvalue weighted by molar-refractivity contribution is 7.86. The molecule has 0 atom stereocenters. The van der Waals surface area contributed by atoms with Crippen LogP contribution >= 0.6 is 23.2 Å². The first kappa shape index (κ1) is 27.3. The van der Waals surface area contributed by atoms with Gasteiger partial charge in [0.2, 0.25) is 0 Å². The molecule has 0 unspecified atom stereocenters. The highest BCUT2D eigenvalue weighted by Gasteiger charge is 2.23. The Labute approximate surface area is 228 Å². The third-order valence-corrected chi connectivity index (χ3v) is 7.35. The average molecular weight is 574 g/mol. The summed E-state index contributed by atoms with van der Waals surface area (Å²) in [6.07, 6.45) is 0.299. The van der Waals surface area contributed by atoms with Crippen LogP contribution < -0.4 is 10.1 Å².